The van der Waals surface area contributed by atoms with Crippen LogP contribution in [0.3, 0.4) is 0 Å². The number of nitrogens with one attached hydrogen (secondary N) is 1. The first kappa shape index (κ1) is 13.6. The van der Waals surface area contributed by atoms with Crippen molar-refractivity contribution in [1.29, 1.82) is 0 Å². The average molecular weight is 256 g/mol. The van der Waals surface area contributed by atoms with Crippen molar-refractivity contribution in [3.8, 4) is 5.75 Å². The molecule has 2 aromatic rings. The fourth-order valence-corrected chi connectivity index (χ4v) is 2.31. The highest BCUT2D eigenvalue weighted by Gasteiger charge is 2.18. The molecule has 0 fully saturated rings. The van der Waals surface area contributed by atoms with Crippen LogP contribution in [0.25, 0.3) is 0 Å². The standard InChI is InChI=1S/C16H20N2O/c1-11-5-6-13(15(9-11)19-4)16(17-3)14-10-18-8-7-12(14)2/h5-10,16-17H,1-4H3. The van der Waals surface area contributed by atoms with E-state index in [9.17, 15) is 0 Å². The van der Waals surface area contributed by atoms with Gasteiger partial charge in [0.1, 0.15) is 5.75 Å². The molecule has 0 amide bonds. The van der Waals surface area contributed by atoms with E-state index in [4.69, 9.17) is 4.74 Å². The lowest BCUT2D eigenvalue weighted by Crippen LogP contribution is -2.19. The van der Waals surface area contributed by atoms with E-state index < -0.39 is 0 Å². The van der Waals surface area contributed by atoms with Gasteiger partial charge in [0, 0.05) is 18.0 Å². The molecule has 1 N–H and O–H groups in total. The lowest BCUT2D eigenvalue weighted by molar-refractivity contribution is 0.405. The molecule has 1 aromatic carbocycles. The molecule has 1 heterocycles. The first-order valence-corrected chi connectivity index (χ1v) is 6.39. The predicted molar refractivity (Wildman–Crippen MR) is 77.6 cm³/mol. The zero-order chi connectivity index (χ0) is 13.8. The molecular weight excluding hydrogens is 236 g/mol. The first-order valence-electron chi connectivity index (χ1n) is 6.39. The van der Waals surface area contributed by atoms with Gasteiger partial charge in [-0.25, -0.2) is 0 Å². The maximum Gasteiger partial charge on any atom is 0.124 e. The minimum atomic E-state index is 0.0873. The van der Waals surface area contributed by atoms with Crippen molar-refractivity contribution in [2.24, 2.45) is 0 Å². The van der Waals surface area contributed by atoms with E-state index >= 15 is 0 Å². The Morgan fingerprint density at radius 1 is 1.16 bits per heavy atom. The van der Waals surface area contributed by atoms with Gasteiger partial charge in [-0.05, 0) is 49.7 Å². The number of ether oxygens (including phenoxy) is 1. The highest BCUT2D eigenvalue weighted by atomic mass is 16.5. The van der Waals surface area contributed by atoms with Crippen molar-refractivity contribution in [2.45, 2.75) is 19.9 Å². The van der Waals surface area contributed by atoms with Crippen LogP contribution in [-0.4, -0.2) is 19.1 Å². The molecule has 1 atom stereocenters. The molecule has 0 radical (unpaired) electrons. The molecule has 0 spiro atoms. The number of nitrogens with zero attached hydrogens (tertiary/aromatic N) is 1. The van der Waals surface area contributed by atoms with Gasteiger partial charge < -0.3 is 10.1 Å². The van der Waals surface area contributed by atoms with Crippen LogP contribution < -0.4 is 10.1 Å². The van der Waals surface area contributed by atoms with Gasteiger partial charge in [0.05, 0.1) is 13.2 Å². The fourth-order valence-electron chi connectivity index (χ4n) is 2.31. The van der Waals surface area contributed by atoms with Gasteiger partial charge in [-0.1, -0.05) is 12.1 Å². The Hall–Kier alpha value is -1.87. The summed E-state index contributed by atoms with van der Waals surface area (Å²) < 4.78 is 5.51. The van der Waals surface area contributed by atoms with E-state index in [1.54, 1.807) is 7.11 Å². The Labute approximate surface area is 114 Å². The molecule has 1 unspecified atom stereocenters. The monoisotopic (exact) mass is 256 g/mol. The third-order valence-electron chi connectivity index (χ3n) is 3.38. The van der Waals surface area contributed by atoms with Gasteiger partial charge in [-0.15, -0.1) is 0 Å². The van der Waals surface area contributed by atoms with Gasteiger partial charge in [-0.2, -0.15) is 0 Å². The number of hydrogen-bond acceptors (Lipinski definition) is 3. The number of aromatic nitrogens is 1. The molecule has 0 aliphatic heterocycles. The molecule has 1 aromatic heterocycles. The Kier molecular flexibility index (Phi) is 4.17. The molecule has 0 aliphatic rings. The summed E-state index contributed by atoms with van der Waals surface area (Å²) in [6.45, 7) is 4.16. The van der Waals surface area contributed by atoms with Crippen LogP contribution in [0.1, 0.15) is 28.3 Å². The van der Waals surface area contributed by atoms with Crippen molar-refractivity contribution in [2.75, 3.05) is 14.2 Å². The summed E-state index contributed by atoms with van der Waals surface area (Å²) in [7, 11) is 3.66. The molecular formula is C16H20N2O. The summed E-state index contributed by atoms with van der Waals surface area (Å²) in [4.78, 5) is 4.23. The fraction of sp³-hybridized carbons (Fsp3) is 0.312. The molecule has 100 valence electrons. The molecule has 0 saturated carbocycles. The SMILES string of the molecule is CNC(c1cnccc1C)c1ccc(C)cc1OC. The number of rotatable bonds is 4. The predicted octanol–water partition coefficient (Wildman–Crippen LogP) is 3.02. The second-order valence-electron chi connectivity index (χ2n) is 4.70. The van der Waals surface area contributed by atoms with Crippen LogP contribution in [0.4, 0.5) is 0 Å². The van der Waals surface area contributed by atoms with E-state index in [1.807, 2.05) is 25.5 Å². The zero-order valence-corrected chi connectivity index (χ0v) is 11.9. The highest BCUT2D eigenvalue weighted by molar-refractivity contribution is 5.44. The largest absolute Gasteiger partial charge is 0.496 e. The smallest absolute Gasteiger partial charge is 0.124 e. The lowest BCUT2D eigenvalue weighted by Gasteiger charge is -2.21. The maximum atomic E-state index is 5.51. The number of pyridine rings is 1. The number of methoxy groups -OCH3 is 1. The van der Waals surface area contributed by atoms with Gasteiger partial charge in [0.25, 0.3) is 0 Å². The Bertz CT molecular complexity index is 566. The summed E-state index contributed by atoms with van der Waals surface area (Å²) in [5, 5.41) is 3.35. The van der Waals surface area contributed by atoms with Crippen molar-refractivity contribution in [1.82, 2.24) is 10.3 Å². The van der Waals surface area contributed by atoms with Gasteiger partial charge >= 0.3 is 0 Å². The summed E-state index contributed by atoms with van der Waals surface area (Å²) in [5.74, 6) is 0.905. The van der Waals surface area contributed by atoms with Crippen LogP contribution in [0.5, 0.6) is 5.75 Å². The molecule has 3 heteroatoms. The maximum absolute atomic E-state index is 5.51. The van der Waals surface area contributed by atoms with Crippen molar-refractivity contribution < 1.29 is 4.74 Å². The Morgan fingerprint density at radius 2 is 1.95 bits per heavy atom. The minimum Gasteiger partial charge on any atom is -0.496 e. The van der Waals surface area contributed by atoms with E-state index in [2.05, 4.69) is 42.3 Å². The summed E-state index contributed by atoms with van der Waals surface area (Å²) >= 11 is 0. The molecule has 3 nitrogen and oxygen atoms in total. The third kappa shape index (κ3) is 2.76. The second kappa shape index (κ2) is 5.85. The Morgan fingerprint density at radius 3 is 2.58 bits per heavy atom. The van der Waals surface area contributed by atoms with E-state index in [0.29, 0.717) is 0 Å². The summed E-state index contributed by atoms with van der Waals surface area (Å²) in [6, 6.07) is 8.39. The molecule has 0 saturated heterocycles. The number of hydrogen-bond donors (Lipinski definition) is 1. The first-order chi connectivity index (χ1) is 9.17. The van der Waals surface area contributed by atoms with Gasteiger partial charge in [0.15, 0.2) is 0 Å². The normalized spacial score (nSPS) is 12.2. The van der Waals surface area contributed by atoms with Crippen LogP contribution >= 0.6 is 0 Å². The number of aryl methyl sites for hydroxylation is 2. The van der Waals surface area contributed by atoms with Crippen molar-refractivity contribution >= 4 is 0 Å². The Balaban J connectivity index is 2.51. The van der Waals surface area contributed by atoms with Crippen LogP contribution in [0.15, 0.2) is 36.7 Å². The van der Waals surface area contributed by atoms with Crippen molar-refractivity contribution in [3.63, 3.8) is 0 Å². The minimum absolute atomic E-state index is 0.0873. The second-order valence-corrected chi connectivity index (χ2v) is 4.70. The van der Waals surface area contributed by atoms with Gasteiger partial charge in [0.2, 0.25) is 0 Å². The van der Waals surface area contributed by atoms with Gasteiger partial charge in [-0.3, -0.25) is 4.98 Å². The van der Waals surface area contributed by atoms with E-state index in [1.165, 1.54) is 16.7 Å². The highest BCUT2D eigenvalue weighted by Crippen LogP contribution is 2.31. The van der Waals surface area contributed by atoms with Crippen LogP contribution in [0, 0.1) is 13.8 Å². The summed E-state index contributed by atoms with van der Waals surface area (Å²) in [5.41, 5.74) is 4.72. The van der Waals surface area contributed by atoms with Crippen molar-refractivity contribution in [3.05, 3.63) is 58.9 Å². The van der Waals surface area contributed by atoms with E-state index in [0.717, 1.165) is 11.3 Å². The molecule has 0 bridgehead atoms. The topological polar surface area (TPSA) is 34.2 Å². The molecule has 19 heavy (non-hydrogen) atoms. The summed E-state index contributed by atoms with van der Waals surface area (Å²) in [6.07, 6.45) is 3.73. The van der Waals surface area contributed by atoms with Crippen LogP contribution in [-0.2, 0) is 0 Å². The average Bonchev–Trinajstić information content (AvgIpc) is 2.43. The lowest BCUT2D eigenvalue weighted by atomic mass is 9.95. The number of benzene rings is 1. The quantitative estimate of drug-likeness (QED) is 0.913. The zero-order valence-electron chi connectivity index (χ0n) is 11.9. The molecule has 0 aliphatic carbocycles. The molecule has 2 rings (SSSR count). The van der Waals surface area contributed by atoms with Crippen LogP contribution in [0.2, 0.25) is 0 Å². The van der Waals surface area contributed by atoms with E-state index in [-0.39, 0.29) is 6.04 Å². The third-order valence-corrected chi connectivity index (χ3v) is 3.38.